The first-order valence-corrected chi connectivity index (χ1v) is 7.27. The van der Waals surface area contributed by atoms with Gasteiger partial charge in [0.2, 0.25) is 0 Å². The molecule has 0 saturated carbocycles. The molecule has 0 saturated heterocycles. The van der Waals surface area contributed by atoms with Gasteiger partial charge >= 0.3 is 0 Å². The molecule has 2 unspecified atom stereocenters. The van der Waals surface area contributed by atoms with E-state index in [1.54, 1.807) is 14.2 Å². The number of ether oxygens (including phenoxy) is 4. The summed E-state index contributed by atoms with van der Waals surface area (Å²) in [7, 11) is 3.33. The van der Waals surface area contributed by atoms with E-state index in [2.05, 4.69) is 0 Å². The smallest absolute Gasteiger partial charge is 0.124 e. The third-order valence-electron chi connectivity index (χ3n) is 3.09. The van der Waals surface area contributed by atoms with Crippen LogP contribution in [0.1, 0.15) is 25.0 Å². The van der Waals surface area contributed by atoms with Gasteiger partial charge in [0.05, 0.1) is 20.3 Å². The minimum atomic E-state index is -0.205. The van der Waals surface area contributed by atoms with E-state index in [4.69, 9.17) is 24.7 Å². The maximum atomic E-state index is 6.03. The lowest BCUT2D eigenvalue weighted by Crippen LogP contribution is -2.28. The molecule has 0 fully saturated rings. The maximum Gasteiger partial charge on any atom is 0.124 e. The second kappa shape index (κ2) is 10.6. The van der Waals surface area contributed by atoms with Crippen LogP contribution in [0.3, 0.4) is 0 Å². The summed E-state index contributed by atoms with van der Waals surface area (Å²) in [6, 6.07) is 7.65. The Morgan fingerprint density at radius 3 is 2.48 bits per heavy atom. The van der Waals surface area contributed by atoms with E-state index in [1.807, 2.05) is 31.2 Å². The number of methoxy groups -OCH3 is 2. The SMILES string of the molecule is COCCCOCCOC(c1ccccc1OC)C(C)N. The van der Waals surface area contributed by atoms with Gasteiger partial charge in [0.15, 0.2) is 0 Å². The van der Waals surface area contributed by atoms with Crippen LogP contribution in [0, 0.1) is 0 Å². The van der Waals surface area contributed by atoms with Crippen LogP contribution in [-0.4, -0.2) is 46.7 Å². The third kappa shape index (κ3) is 6.44. The molecule has 5 heteroatoms. The summed E-state index contributed by atoms with van der Waals surface area (Å²) in [5.74, 6) is 0.792. The van der Waals surface area contributed by atoms with Crippen LogP contribution in [0.4, 0.5) is 0 Å². The lowest BCUT2D eigenvalue weighted by Gasteiger charge is -2.23. The molecule has 0 radical (unpaired) electrons. The number of rotatable bonds is 11. The van der Waals surface area contributed by atoms with E-state index in [1.165, 1.54) is 0 Å². The first kappa shape index (κ1) is 17.9. The Bertz CT molecular complexity index is 384. The molecule has 2 atom stereocenters. The molecule has 0 aliphatic carbocycles. The number of benzene rings is 1. The summed E-state index contributed by atoms with van der Waals surface area (Å²) in [5, 5.41) is 0. The molecule has 0 spiro atoms. The van der Waals surface area contributed by atoms with E-state index < -0.39 is 0 Å². The Kier molecular flexibility index (Phi) is 9.01. The van der Waals surface area contributed by atoms with Crippen molar-refractivity contribution in [3.05, 3.63) is 29.8 Å². The Morgan fingerprint density at radius 1 is 1.05 bits per heavy atom. The van der Waals surface area contributed by atoms with Crippen LogP contribution >= 0.6 is 0 Å². The molecule has 5 nitrogen and oxygen atoms in total. The van der Waals surface area contributed by atoms with Gasteiger partial charge < -0.3 is 24.7 Å². The van der Waals surface area contributed by atoms with E-state index in [9.17, 15) is 0 Å². The summed E-state index contributed by atoms with van der Waals surface area (Å²) >= 11 is 0. The number of hydrogen-bond donors (Lipinski definition) is 1. The van der Waals surface area contributed by atoms with Crippen molar-refractivity contribution in [2.24, 2.45) is 5.73 Å². The lowest BCUT2D eigenvalue weighted by atomic mass is 10.0. The predicted molar refractivity (Wildman–Crippen MR) is 82.6 cm³/mol. The van der Waals surface area contributed by atoms with Crippen molar-refractivity contribution in [2.75, 3.05) is 40.6 Å². The normalized spacial score (nSPS) is 13.9. The zero-order valence-corrected chi connectivity index (χ0v) is 13.2. The van der Waals surface area contributed by atoms with Gasteiger partial charge in [-0.1, -0.05) is 18.2 Å². The molecule has 21 heavy (non-hydrogen) atoms. The fourth-order valence-electron chi connectivity index (χ4n) is 2.07. The van der Waals surface area contributed by atoms with Gasteiger partial charge in [0, 0.05) is 31.9 Å². The molecule has 0 aliphatic rings. The lowest BCUT2D eigenvalue weighted by molar-refractivity contribution is -0.00847. The van der Waals surface area contributed by atoms with Crippen LogP contribution in [0.2, 0.25) is 0 Å². The van der Waals surface area contributed by atoms with Crippen LogP contribution in [0.25, 0.3) is 0 Å². The molecule has 0 bridgehead atoms. The van der Waals surface area contributed by atoms with Gasteiger partial charge in [0.25, 0.3) is 0 Å². The Hall–Kier alpha value is -1.14. The second-order valence-electron chi connectivity index (χ2n) is 4.85. The molecule has 2 N–H and O–H groups in total. The van der Waals surface area contributed by atoms with Gasteiger partial charge in [-0.15, -0.1) is 0 Å². The Labute approximate surface area is 127 Å². The predicted octanol–water partition coefficient (Wildman–Crippen LogP) is 2.15. The van der Waals surface area contributed by atoms with Crippen molar-refractivity contribution in [1.29, 1.82) is 0 Å². The highest BCUT2D eigenvalue weighted by Gasteiger charge is 2.20. The highest BCUT2D eigenvalue weighted by atomic mass is 16.5. The average molecular weight is 297 g/mol. The first-order chi connectivity index (χ1) is 10.2. The largest absolute Gasteiger partial charge is 0.496 e. The van der Waals surface area contributed by atoms with Crippen molar-refractivity contribution < 1.29 is 18.9 Å². The zero-order chi connectivity index (χ0) is 15.5. The van der Waals surface area contributed by atoms with E-state index in [0.29, 0.717) is 26.4 Å². The molecule has 0 amide bonds. The van der Waals surface area contributed by atoms with Crippen molar-refractivity contribution in [3.8, 4) is 5.75 Å². The maximum absolute atomic E-state index is 6.03. The summed E-state index contributed by atoms with van der Waals surface area (Å²) < 4.78 is 21.7. The zero-order valence-electron chi connectivity index (χ0n) is 13.2. The standard InChI is InChI=1S/C16H27NO4/c1-13(17)16(14-7-4-5-8-15(14)19-3)21-12-11-20-10-6-9-18-2/h4-5,7-8,13,16H,6,9-12,17H2,1-3H3. The molecule has 1 aromatic carbocycles. The molecule has 0 aromatic heterocycles. The minimum absolute atomic E-state index is 0.130. The average Bonchev–Trinajstić information content (AvgIpc) is 2.50. The number of nitrogens with two attached hydrogens (primary N) is 1. The van der Waals surface area contributed by atoms with E-state index in [0.717, 1.165) is 17.7 Å². The van der Waals surface area contributed by atoms with Crippen LogP contribution in [-0.2, 0) is 14.2 Å². The summed E-state index contributed by atoms with van der Waals surface area (Å²) in [5.41, 5.74) is 7.00. The van der Waals surface area contributed by atoms with Crippen molar-refractivity contribution in [2.45, 2.75) is 25.5 Å². The van der Waals surface area contributed by atoms with Gasteiger partial charge in [-0.3, -0.25) is 0 Å². The minimum Gasteiger partial charge on any atom is -0.496 e. The summed E-state index contributed by atoms with van der Waals surface area (Å²) in [6.07, 6.45) is 0.684. The summed E-state index contributed by atoms with van der Waals surface area (Å²) in [4.78, 5) is 0. The Morgan fingerprint density at radius 2 is 1.81 bits per heavy atom. The molecule has 1 aromatic rings. The molecule has 1 rings (SSSR count). The topological polar surface area (TPSA) is 62.9 Å². The third-order valence-corrected chi connectivity index (χ3v) is 3.09. The van der Waals surface area contributed by atoms with Crippen molar-refractivity contribution >= 4 is 0 Å². The first-order valence-electron chi connectivity index (χ1n) is 7.27. The quantitative estimate of drug-likeness (QED) is 0.634. The highest BCUT2D eigenvalue weighted by Crippen LogP contribution is 2.29. The van der Waals surface area contributed by atoms with E-state index in [-0.39, 0.29) is 12.1 Å². The monoisotopic (exact) mass is 297 g/mol. The highest BCUT2D eigenvalue weighted by molar-refractivity contribution is 5.35. The van der Waals surface area contributed by atoms with Crippen molar-refractivity contribution in [3.63, 3.8) is 0 Å². The number of hydrogen-bond acceptors (Lipinski definition) is 5. The summed E-state index contributed by atoms with van der Waals surface area (Å²) in [6.45, 7) is 4.36. The Balaban J connectivity index is 2.44. The molecule has 0 heterocycles. The molecular formula is C16H27NO4. The van der Waals surface area contributed by atoms with Crippen LogP contribution in [0.15, 0.2) is 24.3 Å². The van der Waals surface area contributed by atoms with Crippen LogP contribution < -0.4 is 10.5 Å². The van der Waals surface area contributed by atoms with Crippen molar-refractivity contribution in [1.82, 2.24) is 0 Å². The van der Waals surface area contributed by atoms with Gasteiger partial charge in [0.1, 0.15) is 11.9 Å². The fourth-order valence-corrected chi connectivity index (χ4v) is 2.07. The van der Waals surface area contributed by atoms with E-state index >= 15 is 0 Å². The fraction of sp³-hybridized carbons (Fsp3) is 0.625. The van der Waals surface area contributed by atoms with Crippen LogP contribution in [0.5, 0.6) is 5.75 Å². The van der Waals surface area contributed by atoms with Gasteiger partial charge in [-0.2, -0.15) is 0 Å². The van der Waals surface area contributed by atoms with Gasteiger partial charge in [-0.25, -0.2) is 0 Å². The second-order valence-corrected chi connectivity index (χ2v) is 4.85. The molecule has 0 aliphatic heterocycles. The molecule has 120 valence electrons. The van der Waals surface area contributed by atoms with Gasteiger partial charge in [-0.05, 0) is 19.4 Å². The molecular weight excluding hydrogens is 270 g/mol. The number of para-hydroxylation sites is 1.